The molecule has 0 saturated heterocycles. The van der Waals surface area contributed by atoms with Gasteiger partial charge in [-0.15, -0.1) is 12.3 Å². The summed E-state index contributed by atoms with van der Waals surface area (Å²) < 4.78 is 0. The maximum absolute atomic E-state index is 11.9. The van der Waals surface area contributed by atoms with Crippen LogP contribution in [0.15, 0.2) is 24.3 Å². The summed E-state index contributed by atoms with van der Waals surface area (Å²) in [6, 6.07) is 7.34. The Hall–Kier alpha value is -2.23. The lowest BCUT2D eigenvalue weighted by Gasteiger charge is -2.18. The van der Waals surface area contributed by atoms with Crippen molar-refractivity contribution in [2.75, 3.05) is 0 Å². The van der Waals surface area contributed by atoms with Gasteiger partial charge in [-0.3, -0.25) is 4.89 Å². The van der Waals surface area contributed by atoms with Gasteiger partial charge in [-0.2, -0.15) is 4.89 Å². The first-order valence-corrected chi connectivity index (χ1v) is 7.81. The van der Waals surface area contributed by atoms with Crippen LogP contribution >= 0.6 is 0 Å². The minimum absolute atomic E-state index is 0.448. The van der Waals surface area contributed by atoms with E-state index in [0.717, 1.165) is 24.8 Å². The zero-order valence-corrected chi connectivity index (χ0v) is 14.3. The Morgan fingerprint density at radius 2 is 2.00 bits per heavy atom. The van der Waals surface area contributed by atoms with E-state index < -0.39 is 17.5 Å². The molecule has 0 saturated carbocycles. The molecule has 1 aromatic rings. The third-order valence-electron chi connectivity index (χ3n) is 3.12. The average molecular weight is 312 g/mol. The minimum Gasteiger partial charge on any atom is -0.296 e. The van der Waals surface area contributed by atoms with Crippen LogP contribution in [0.1, 0.15) is 64.2 Å². The molecular weight excluding hydrogens is 288 g/mol. The Morgan fingerprint density at radius 3 is 2.61 bits per heavy atom. The van der Waals surface area contributed by atoms with Crippen molar-refractivity contribution in [3.05, 3.63) is 35.4 Å². The molecule has 1 rings (SSSR count). The number of unbranched alkanes of at least 4 members (excludes halogenated alkanes) is 2. The Bertz CT molecular complexity index is 621. The van der Waals surface area contributed by atoms with Crippen molar-refractivity contribution >= 4 is 5.97 Å². The molecule has 1 unspecified atom stereocenters. The molecule has 0 aliphatic rings. The van der Waals surface area contributed by atoms with Gasteiger partial charge in [-0.1, -0.05) is 43.4 Å². The third kappa shape index (κ3) is 6.19. The number of hydrogen-bond acceptors (Lipinski definition) is 3. The van der Waals surface area contributed by atoms with E-state index in [1.165, 1.54) is 0 Å². The molecule has 1 aromatic carbocycles. The van der Waals surface area contributed by atoms with E-state index in [0.29, 0.717) is 5.56 Å². The largest absolute Gasteiger partial charge is 0.347 e. The highest BCUT2D eigenvalue weighted by molar-refractivity contribution is 5.74. The average Bonchev–Trinajstić information content (AvgIpc) is 2.53. The predicted molar refractivity (Wildman–Crippen MR) is 91.1 cm³/mol. The van der Waals surface area contributed by atoms with E-state index in [-0.39, 0.29) is 0 Å². The van der Waals surface area contributed by atoms with Crippen LogP contribution in [0.3, 0.4) is 0 Å². The second-order valence-electron chi connectivity index (χ2n) is 6.25. The molecule has 0 N–H and O–H groups in total. The number of carbonyl (C=O) groups is 1. The van der Waals surface area contributed by atoms with Crippen molar-refractivity contribution in [3.8, 4) is 24.2 Å². The molecule has 0 aromatic heterocycles. The van der Waals surface area contributed by atoms with Crippen molar-refractivity contribution in [1.29, 1.82) is 0 Å². The van der Waals surface area contributed by atoms with E-state index in [2.05, 4.69) is 24.7 Å². The number of terminal acetylenes is 1. The first kappa shape index (κ1) is 18.8. The van der Waals surface area contributed by atoms with Gasteiger partial charge in [0.25, 0.3) is 0 Å². The summed E-state index contributed by atoms with van der Waals surface area (Å²) in [5.74, 6) is 8.23. The SMILES string of the molecule is C#Cc1ccccc1C(C#CCCCC)OOC(=O)C(C)(C)C. The number of benzene rings is 1. The molecule has 0 radical (unpaired) electrons. The third-order valence-corrected chi connectivity index (χ3v) is 3.12. The monoisotopic (exact) mass is 312 g/mol. The first-order valence-electron chi connectivity index (χ1n) is 7.81. The smallest absolute Gasteiger partial charge is 0.296 e. The summed E-state index contributed by atoms with van der Waals surface area (Å²) >= 11 is 0. The van der Waals surface area contributed by atoms with Gasteiger partial charge in [-0.05, 0) is 33.3 Å². The molecule has 0 bridgehead atoms. The molecule has 3 heteroatoms. The molecule has 0 amide bonds. The van der Waals surface area contributed by atoms with Gasteiger partial charge in [0.05, 0.1) is 5.41 Å². The molecule has 3 nitrogen and oxygen atoms in total. The van der Waals surface area contributed by atoms with Crippen molar-refractivity contribution < 1.29 is 14.6 Å². The summed E-state index contributed by atoms with van der Waals surface area (Å²) in [5.41, 5.74) is 0.751. The van der Waals surface area contributed by atoms with E-state index in [9.17, 15) is 4.79 Å². The van der Waals surface area contributed by atoms with Gasteiger partial charge < -0.3 is 0 Å². The summed E-state index contributed by atoms with van der Waals surface area (Å²) in [7, 11) is 0. The number of hydrogen-bond donors (Lipinski definition) is 0. The summed E-state index contributed by atoms with van der Waals surface area (Å²) in [4.78, 5) is 22.2. The van der Waals surface area contributed by atoms with Gasteiger partial charge in [0.1, 0.15) is 0 Å². The summed E-state index contributed by atoms with van der Waals surface area (Å²) in [6.07, 6.45) is 7.69. The summed E-state index contributed by atoms with van der Waals surface area (Å²) in [5, 5.41) is 0. The number of rotatable bonds is 5. The van der Waals surface area contributed by atoms with Gasteiger partial charge >= 0.3 is 5.97 Å². The van der Waals surface area contributed by atoms with E-state index >= 15 is 0 Å². The molecule has 0 heterocycles. The standard InChI is InChI=1S/C20H24O3/c1-6-8-9-10-15-18(22-23-19(21)20(3,4)5)17-14-12-11-13-16(17)7-2/h2,11-14,18H,6,8-9H2,1,3-5H3. The fourth-order valence-electron chi connectivity index (χ4n) is 1.66. The predicted octanol–water partition coefficient (Wildman–Crippen LogP) is 4.42. The van der Waals surface area contributed by atoms with Crippen LogP contribution in [0.5, 0.6) is 0 Å². The maximum atomic E-state index is 11.9. The quantitative estimate of drug-likeness (QED) is 0.349. The minimum atomic E-state index is -0.689. The van der Waals surface area contributed by atoms with Crippen molar-refractivity contribution in [1.82, 2.24) is 0 Å². The normalized spacial score (nSPS) is 11.8. The molecule has 122 valence electrons. The second-order valence-corrected chi connectivity index (χ2v) is 6.25. The zero-order valence-electron chi connectivity index (χ0n) is 14.3. The second kappa shape index (κ2) is 9.03. The van der Waals surface area contributed by atoms with Crippen molar-refractivity contribution in [2.45, 2.75) is 53.1 Å². The Labute approximate surface area is 139 Å². The lowest BCUT2D eigenvalue weighted by atomic mass is 9.98. The highest BCUT2D eigenvalue weighted by atomic mass is 17.2. The lowest BCUT2D eigenvalue weighted by molar-refractivity contribution is -0.295. The highest BCUT2D eigenvalue weighted by Crippen LogP contribution is 2.23. The molecular formula is C20H24O3. The molecule has 0 spiro atoms. The van der Waals surface area contributed by atoms with Crippen LogP contribution in [0.4, 0.5) is 0 Å². The van der Waals surface area contributed by atoms with Gasteiger partial charge in [0, 0.05) is 17.5 Å². The van der Waals surface area contributed by atoms with E-state index in [4.69, 9.17) is 16.2 Å². The molecule has 0 fully saturated rings. The van der Waals surface area contributed by atoms with Crippen LogP contribution < -0.4 is 0 Å². The van der Waals surface area contributed by atoms with Crippen LogP contribution in [0, 0.1) is 29.6 Å². The van der Waals surface area contributed by atoms with Crippen LogP contribution in [-0.4, -0.2) is 5.97 Å². The van der Waals surface area contributed by atoms with Crippen LogP contribution in [0.25, 0.3) is 0 Å². The Kier molecular flexibility index (Phi) is 7.39. The zero-order chi connectivity index (χ0) is 17.3. The highest BCUT2D eigenvalue weighted by Gasteiger charge is 2.26. The van der Waals surface area contributed by atoms with Crippen molar-refractivity contribution in [2.24, 2.45) is 5.41 Å². The van der Waals surface area contributed by atoms with Gasteiger partial charge in [-0.25, -0.2) is 4.79 Å². The van der Waals surface area contributed by atoms with Crippen molar-refractivity contribution in [3.63, 3.8) is 0 Å². The number of carbonyl (C=O) groups excluding carboxylic acids is 1. The molecule has 1 atom stereocenters. The van der Waals surface area contributed by atoms with E-state index in [1.807, 2.05) is 24.3 Å². The van der Waals surface area contributed by atoms with Crippen LogP contribution in [-0.2, 0) is 14.6 Å². The first-order chi connectivity index (χ1) is 10.9. The molecule has 0 aliphatic heterocycles. The Morgan fingerprint density at radius 1 is 1.30 bits per heavy atom. The van der Waals surface area contributed by atoms with Gasteiger partial charge in [0.15, 0.2) is 6.10 Å². The topological polar surface area (TPSA) is 35.5 Å². The maximum Gasteiger partial charge on any atom is 0.347 e. The summed E-state index contributed by atoms with van der Waals surface area (Å²) in [6.45, 7) is 7.39. The Balaban J connectivity index is 2.95. The van der Waals surface area contributed by atoms with Crippen LogP contribution in [0.2, 0.25) is 0 Å². The fourth-order valence-corrected chi connectivity index (χ4v) is 1.66. The molecule has 23 heavy (non-hydrogen) atoms. The van der Waals surface area contributed by atoms with E-state index in [1.54, 1.807) is 20.8 Å². The fraction of sp³-hybridized carbons (Fsp3) is 0.450. The lowest BCUT2D eigenvalue weighted by Crippen LogP contribution is -2.24. The van der Waals surface area contributed by atoms with Gasteiger partial charge in [0.2, 0.25) is 0 Å². The molecule has 0 aliphatic carbocycles.